The molecule has 1 fully saturated rings. The van der Waals surface area contributed by atoms with E-state index in [2.05, 4.69) is 12.2 Å². The first kappa shape index (κ1) is 12.8. The molecule has 1 aliphatic rings. The van der Waals surface area contributed by atoms with Crippen molar-refractivity contribution < 1.29 is 4.79 Å². The zero-order valence-corrected chi connectivity index (χ0v) is 10.6. The van der Waals surface area contributed by atoms with E-state index in [1.807, 2.05) is 23.7 Å². The predicted octanol–water partition coefficient (Wildman–Crippen LogP) is 1.34. The van der Waals surface area contributed by atoms with Gasteiger partial charge in [0.25, 0.3) is 0 Å². The van der Waals surface area contributed by atoms with Gasteiger partial charge in [-0.15, -0.1) is 0 Å². The van der Waals surface area contributed by atoms with Crippen LogP contribution in [0.5, 0.6) is 0 Å². The standard InChI is InChI=1S/C11H22N2OS/c1-3-15-8-4-7-12-10-5-6-11(14)13(2)9-10/h10,12H,3-9H2,1-2H3. The molecule has 1 rings (SSSR count). The summed E-state index contributed by atoms with van der Waals surface area (Å²) >= 11 is 1.99. The Hall–Kier alpha value is -0.220. The third-order valence-electron chi connectivity index (χ3n) is 2.73. The maximum absolute atomic E-state index is 11.2. The van der Waals surface area contributed by atoms with Gasteiger partial charge in [-0.1, -0.05) is 6.92 Å². The van der Waals surface area contributed by atoms with Crippen LogP contribution in [-0.4, -0.2) is 48.5 Å². The van der Waals surface area contributed by atoms with Crippen molar-refractivity contribution in [2.45, 2.75) is 32.2 Å². The molecule has 15 heavy (non-hydrogen) atoms. The summed E-state index contributed by atoms with van der Waals surface area (Å²) in [6, 6.07) is 0.513. The maximum atomic E-state index is 11.2. The zero-order valence-electron chi connectivity index (χ0n) is 9.79. The fourth-order valence-corrected chi connectivity index (χ4v) is 2.44. The van der Waals surface area contributed by atoms with Gasteiger partial charge >= 0.3 is 0 Å². The lowest BCUT2D eigenvalue weighted by molar-refractivity contribution is -0.132. The van der Waals surface area contributed by atoms with E-state index in [0.29, 0.717) is 12.5 Å². The molecule has 0 aromatic carbocycles. The molecule has 0 spiro atoms. The highest BCUT2D eigenvalue weighted by Crippen LogP contribution is 2.09. The van der Waals surface area contributed by atoms with Crippen LogP contribution in [0.15, 0.2) is 0 Å². The first-order chi connectivity index (χ1) is 7.24. The molecule has 0 aromatic heterocycles. The number of rotatable bonds is 6. The van der Waals surface area contributed by atoms with Crippen molar-refractivity contribution in [2.75, 3.05) is 31.6 Å². The smallest absolute Gasteiger partial charge is 0.222 e. The summed E-state index contributed by atoms with van der Waals surface area (Å²) in [4.78, 5) is 13.1. The zero-order chi connectivity index (χ0) is 11.1. The van der Waals surface area contributed by atoms with Gasteiger partial charge in [0.05, 0.1) is 0 Å². The molecule has 4 heteroatoms. The molecule has 1 atom stereocenters. The Balaban J connectivity index is 2.04. The van der Waals surface area contributed by atoms with Crippen molar-refractivity contribution in [3.8, 4) is 0 Å². The number of carbonyl (C=O) groups is 1. The Morgan fingerprint density at radius 3 is 3.07 bits per heavy atom. The molecule has 1 N–H and O–H groups in total. The molecular weight excluding hydrogens is 208 g/mol. The second-order valence-corrected chi connectivity index (χ2v) is 5.41. The van der Waals surface area contributed by atoms with Gasteiger partial charge in [-0.2, -0.15) is 11.8 Å². The minimum atomic E-state index is 0.287. The molecular formula is C11H22N2OS. The van der Waals surface area contributed by atoms with Crippen LogP contribution in [0.3, 0.4) is 0 Å². The summed E-state index contributed by atoms with van der Waals surface area (Å²) < 4.78 is 0. The van der Waals surface area contributed by atoms with Gasteiger partial charge in [0.1, 0.15) is 0 Å². The first-order valence-corrected chi connectivity index (χ1v) is 6.94. The highest BCUT2D eigenvalue weighted by molar-refractivity contribution is 7.99. The van der Waals surface area contributed by atoms with Crippen molar-refractivity contribution in [1.82, 2.24) is 10.2 Å². The van der Waals surface area contributed by atoms with Crippen molar-refractivity contribution in [3.63, 3.8) is 0 Å². The molecule has 0 aromatic rings. The first-order valence-electron chi connectivity index (χ1n) is 5.79. The lowest BCUT2D eigenvalue weighted by Gasteiger charge is -2.30. The van der Waals surface area contributed by atoms with Crippen LogP contribution in [0.2, 0.25) is 0 Å². The van der Waals surface area contributed by atoms with Crippen LogP contribution in [0.1, 0.15) is 26.2 Å². The molecule has 1 unspecified atom stereocenters. The van der Waals surface area contributed by atoms with E-state index in [1.165, 1.54) is 17.9 Å². The fourth-order valence-electron chi connectivity index (χ4n) is 1.80. The van der Waals surface area contributed by atoms with Gasteiger partial charge < -0.3 is 10.2 Å². The summed E-state index contributed by atoms with van der Waals surface area (Å²) in [6.07, 6.45) is 2.94. The van der Waals surface area contributed by atoms with Crippen LogP contribution in [0, 0.1) is 0 Å². The topological polar surface area (TPSA) is 32.3 Å². The van der Waals surface area contributed by atoms with Crippen molar-refractivity contribution in [1.29, 1.82) is 0 Å². The van der Waals surface area contributed by atoms with E-state index in [4.69, 9.17) is 0 Å². The van der Waals surface area contributed by atoms with E-state index in [9.17, 15) is 4.79 Å². The number of likely N-dealkylation sites (N-methyl/N-ethyl adjacent to an activating group) is 1. The van der Waals surface area contributed by atoms with Gasteiger partial charge in [0.15, 0.2) is 0 Å². The highest BCUT2D eigenvalue weighted by Gasteiger charge is 2.21. The monoisotopic (exact) mass is 230 g/mol. The molecule has 1 saturated heterocycles. The van der Waals surface area contributed by atoms with Gasteiger partial charge in [-0.25, -0.2) is 0 Å². The third-order valence-corrected chi connectivity index (χ3v) is 3.71. The Kier molecular flexibility index (Phi) is 6.10. The largest absolute Gasteiger partial charge is 0.344 e. The number of carbonyl (C=O) groups excluding carboxylic acids is 1. The molecule has 88 valence electrons. The molecule has 0 saturated carbocycles. The number of likely N-dealkylation sites (tertiary alicyclic amines) is 1. The van der Waals surface area contributed by atoms with Crippen LogP contribution < -0.4 is 5.32 Å². The summed E-state index contributed by atoms with van der Waals surface area (Å²) in [5, 5.41) is 3.52. The molecule has 1 amide bonds. The van der Waals surface area contributed by atoms with Gasteiger partial charge in [-0.3, -0.25) is 4.79 Å². The Labute approximate surface area is 97.0 Å². The van der Waals surface area contributed by atoms with Crippen molar-refractivity contribution in [3.05, 3.63) is 0 Å². The second kappa shape index (κ2) is 7.12. The van der Waals surface area contributed by atoms with Crippen molar-refractivity contribution >= 4 is 17.7 Å². The third kappa shape index (κ3) is 4.89. The summed E-state index contributed by atoms with van der Waals surface area (Å²) in [7, 11) is 1.89. The SMILES string of the molecule is CCSCCCNC1CCC(=O)N(C)C1. The number of hydrogen-bond acceptors (Lipinski definition) is 3. The second-order valence-electron chi connectivity index (χ2n) is 4.01. The Morgan fingerprint density at radius 1 is 1.60 bits per heavy atom. The number of hydrogen-bond donors (Lipinski definition) is 1. The highest BCUT2D eigenvalue weighted by atomic mass is 32.2. The van der Waals surface area contributed by atoms with E-state index in [0.717, 1.165) is 19.5 Å². The maximum Gasteiger partial charge on any atom is 0.222 e. The Morgan fingerprint density at radius 2 is 2.40 bits per heavy atom. The number of nitrogens with one attached hydrogen (secondary N) is 1. The quantitative estimate of drug-likeness (QED) is 0.699. The van der Waals surface area contributed by atoms with E-state index < -0.39 is 0 Å². The van der Waals surface area contributed by atoms with Crippen LogP contribution in [0.25, 0.3) is 0 Å². The molecule has 3 nitrogen and oxygen atoms in total. The molecule has 1 aliphatic heterocycles. The summed E-state index contributed by atoms with van der Waals surface area (Å²) in [5.41, 5.74) is 0. The van der Waals surface area contributed by atoms with Crippen LogP contribution >= 0.6 is 11.8 Å². The minimum absolute atomic E-state index is 0.287. The summed E-state index contributed by atoms with van der Waals surface area (Å²) in [5.74, 6) is 2.74. The number of nitrogens with zero attached hydrogens (tertiary/aromatic N) is 1. The lowest BCUT2D eigenvalue weighted by atomic mass is 10.1. The lowest BCUT2D eigenvalue weighted by Crippen LogP contribution is -2.46. The molecule has 0 bridgehead atoms. The van der Waals surface area contributed by atoms with Gasteiger partial charge in [0, 0.05) is 26.1 Å². The van der Waals surface area contributed by atoms with Crippen molar-refractivity contribution in [2.24, 2.45) is 0 Å². The van der Waals surface area contributed by atoms with E-state index >= 15 is 0 Å². The van der Waals surface area contributed by atoms with E-state index in [-0.39, 0.29) is 5.91 Å². The van der Waals surface area contributed by atoms with E-state index in [1.54, 1.807) is 0 Å². The van der Waals surface area contributed by atoms with Crippen LogP contribution in [-0.2, 0) is 4.79 Å². The minimum Gasteiger partial charge on any atom is -0.344 e. The fraction of sp³-hybridized carbons (Fsp3) is 0.909. The molecule has 1 heterocycles. The van der Waals surface area contributed by atoms with Gasteiger partial charge in [0.2, 0.25) is 5.91 Å². The number of amides is 1. The predicted molar refractivity (Wildman–Crippen MR) is 66.3 cm³/mol. The number of thioether (sulfide) groups is 1. The number of piperidine rings is 1. The summed E-state index contributed by atoms with van der Waals surface area (Å²) in [6.45, 7) is 4.15. The van der Waals surface area contributed by atoms with Crippen LogP contribution in [0.4, 0.5) is 0 Å². The molecule has 0 radical (unpaired) electrons. The molecule has 0 aliphatic carbocycles. The average molecular weight is 230 g/mol. The normalized spacial score (nSPS) is 22.1. The average Bonchev–Trinajstić information content (AvgIpc) is 2.23. The van der Waals surface area contributed by atoms with Gasteiger partial charge in [-0.05, 0) is 30.9 Å². The Bertz CT molecular complexity index is 199.